The van der Waals surface area contributed by atoms with Crippen molar-refractivity contribution in [3.63, 3.8) is 0 Å². The highest BCUT2D eigenvalue weighted by atomic mass is 79.9. The van der Waals surface area contributed by atoms with Crippen molar-refractivity contribution in [2.75, 3.05) is 0 Å². The number of carbonyl (C=O) groups excluding carboxylic acids is 2. The van der Waals surface area contributed by atoms with Crippen LogP contribution in [0.4, 0.5) is 0 Å². The lowest BCUT2D eigenvalue weighted by atomic mass is 9.70. The third-order valence-corrected chi connectivity index (χ3v) is 7.32. The average molecular weight is 536 g/mol. The summed E-state index contributed by atoms with van der Waals surface area (Å²) in [6.07, 6.45) is 3.15. The lowest BCUT2D eigenvalue weighted by Gasteiger charge is -2.38. The molecule has 0 bridgehead atoms. The Kier molecular flexibility index (Phi) is 4.90. The molecule has 0 saturated carbocycles. The molecule has 35 heavy (non-hydrogen) atoms. The van der Waals surface area contributed by atoms with Crippen LogP contribution in [0.3, 0.4) is 0 Å². The number of carbonyl (C=O) groups is 2. The number of aromatic nitrogens is 3. The van der Waals surface area contributed by atoms with Crippen LogP contribution < -0.4 is 11.4 Å². The first-order valence-electron chi connectivity index (χ1n) is 11.0. The number of nitrogens with zero attached hydrogens (tertiary/aromatic N) is 3. The summed E-state index contributed by atoms with van der Waals surface area (Å²) in [7, 11) is 0. The van der Waals surface area contributed by atoms with Crippen LogP contribution in [-0.4, -0.2) is 30.6 Å². The topological polar surface area (TPSA) is 116 Å². The van der Waals surface area contributed by atoms with Crippen LogP contribution in [0.25, 0.3) is 5.69 Å². The maximum absolute atomic E-state index is 13.6. The molecule has 3 heterocycles. The van der Waals surface area contributed by atoms with E-state index in [9.17, 15) is 24.3 Å². The number of benzene rings is 1. The molecule has 6 rings (SSSR count). The smallest absolute Gasteiger partial charge is 0.352 e. The first-order chi connectivity index (χ1) is 16.9. The molecule has 2 atom stereocenters. The summed E-state index contributed by atoms with van der Waals surface area (Å²) in [4.78, 5) is 53.1. The van der Waals surface area contributed by atoms with Gasteiger partial charge in [-0.3, -0.25) is 9.59 Å². The summed E-state index contributed by atoms with van der Waals surface area (Å²) in [6.45, 7) is -0.202. The predicted octanol–water partition coefficient (Wildman–Crippen LogP) is 2.28. The lowest BCUT2D eigenvalue weighted by Crippen LogP contribution is -2.40. The van der Waals surface area contributed by atoms with E-state index >= 15 is 0 Å². The van der Waals surface area contributed by atoms with Gasteiger partial charge >= 0.3 is 11.4 Å². The summed E-state index contributed by atoms with van der Waals surface area (Å²) < 4.78 is 9.80. The Bertz CT molecular complexity index is 1630. The molecule has 1 aliphatic heterocycles. The fourth-order valence-electron chi connectivity index (χ4n) is 5.24. The number of para-hydroxylation sites is 1. The number of aliphatic hydroxyl groups is 1. The molecular formula is C25H18BrN3O6. The van der Waals surface area contributed by atoms with Gasteiger partial charge in [0.25, 0.3) is 0 Å². The van der Waals surface area contributed by atoms with Crippen molar-refractivity contribution in [3.05, 3.63) is 108 Å². The predicted molar refractivity (Wildman–Crippen MR) is 127 cm³/mol. The van der Waals surface area contributed by atoms with Crippen LogP contribution in [0.15, 0.2) is 89.8 Å². The third-order valence-electron chi connectivity index (χ3n) is 6.74. The Hall–Kier alpha value is -3.76. The number of aliphatic hydroxyl groups excluding tert-OH is 1. The summed E-state index contributed by atoms with van der Waals surface area (Å²) in [5, 5.41) is 9.51. The largest absolute Gasteiger partial charge is 0.463 e. The van der Waals surface area contributed by atoms with Gasteiger partial charge in [-0.25, -0.2) is 23.5 Å². The van der Waals surface area contributed by atoms with E-state index < -0.39 is 23.3 Å². The summed E-state index contributed by atoms with van der Waals surface area (Å²) in [5.41, 5.74) is 0.700. The summed E-state index contributed by atoms with van der Waals surface area (Å²) in [5.74, 6) is -0.691. The third kappa shape index (κ3) is 3.10. The molecule has 3 aliphatic rings. The second-order valence-electron chi connectivity index (χ2n) is 8.56. The SMILES string of the molecule is O=C1C=C(Br)C(=O)C2=C1C(c1ccc(CO)o1)C1=CCn3c(=O)n(-c4ccccc4)c(=O)n3C1C2. The number of fused-ring (bicyclic) bond motifs is 3. The van der Waals surface area contributed by atoms with E-state index in [4.69, 9.17) is 4.42 Å². The number of ketones is 2. The van der Waals surface area contributed by atoms with Crippen molar-refractivity contribution in [2.24, 2.45) is 0 Å². The van der Waals surface area contributed by atoms with Gasteiger partial charge in [-0.15, -0.1) is 0 Å². The minimum Gasteiger partial charge on any atom is -0.463 e. The first-order valence-corrected chi connectivity index (χ1v) is 11.8. The Morgan fingerprint density at radius 1 is 1.03 bits per heavy atom. The van der Waals surface area contributed by atoms with Crippen LogP contribution in [0.5, 0.6) is 0 Å². The fourth-order valence-corrected chi connectivity index (χ4v) is 5.69. The highest BCUT2D eigenvalue weighted by Gasteiger charge is 2.46. The molecule has 0 fully saturated rings. The van der Waals surface area contributed by atoms with E-state index in [2.05, 4.69) is 15.9 Å². The Balaban J connectivity index is 1.58. The van der Waals surface area contributed by atoms with E-state index in [1.54, 1.807) is 42.5 Å². The molecule has 0 saturated heterocycles. The van der Waals surface area contributed by atoms with Gasteiger partial charge in [-0.1, -0.05) is 24.3 Å². The van der Waals surface area contributed by atoms with E-state index in [-0.39, 0.29) is 41.2 Å². The van der Waals surface area contributed by atoms with Gasteiger partial charge in [0.15, 0.2) is 11.6 Å². The first kappa shape index (κ1) is 21.8. The van der Waals surface area contributed by atoms with Crippen molar-refractivity contribution in [3.8, 4) is 5.69 Å². The fraction of sp³-hybridized carbons (Fsp3) is 0.200. The summed E-state index contributed by atoms with van der Waals surface area (Å²) in [6, 6.07) is 11.2. The van der Waals surface area contributed by atoms with Gasteiger partial charge in [0.2, 0.25) is 0 Å². The molecule has 176 valence electrons. The molecule has 9 nitrogen and oxygen atoms in total. The van der Waals surface area contributed by atoms with Gasteiger partial charge in [0, 0.05) is 23.6 Å². The minimum atomic E-state index is -0.729. The number of allylic oxidation sites excluding steroid dienone is 6. The quantitative estimate of drug-likeness (QED) is 0.406. The molecule has 0 amide bonds. The zero-order valence-electron chi connectivity index (χ0n) is 18.2. The van der Waals surface area contributed by atoms with Crippen molar-refractivity contribution in [2.45, 2.75) is 31.5 Å². The maximum atomic E-state index is 13.6. The van der Waals surface area contributed by atoms with E-state index in [0.717, 1.165) is 4.57 Å². The van der Waals surface area contributed by atoms with Gasteiger partial charge < -0.3 is 9.52 Å². The van der Waals surface area contributed by atoms with Gasteiger partial charge in [-0.05, 0) is 45.8 Å². The second-order valence-corrected chi connectivity index (χ2v) is 9.41. The monoisotopic (exact) mass is 535 g/mol. The lowest BCUT2D eigenvalue weighted by molar-refractivity contribution is -0.115. The Morgan fingerprint density at radius 2 is 1.80 bits per heavy atom. The zero-order chi connectivity index (χ0) is 24.4. The molecular weight excluding hydrogens is 518 g/mol. The zero-order valence-corrected chi connectivity index (χ0v) is 19.8. The average Bonchev–Trinajstić information content (AvgIpc) is 3.44. The molecule has 0 spiro atoms. The van der Waals surface area contributed by atoms with Crippen LogP contribution >= 0.6 is 15.9 Å². The number of rotatable bonds is 3. The van der Waals surface area contributed by atoms with Gasteiger partial charge in [0.1, 0.15) is 18.1 Å². The van der Waals surface area contributed by atoms with Gasteiger partial charge in [0.05, 0.1) is 28.7 Å². The molecule has 10 heteroatoms. The Morgan fingerprint density at radius 3 is 2.51 bits per heavy atom. The van der Waals surface area contributed by atoms with Crippen molar-refractivity contribution in [1.82, 2.24) is 13.9 Å². The highest BCUT2D eigenvalue weighted by Crippen LogP contribution is 2.50. The molecule has 0 radical (unpaired) electrons. The van der Waals surface area contributed by atoms with E-state index in [1.807, 2.05) is 6.08 Å². The number of halogens is 1. The van der Waals surface area contributed by atoms with Gasteiger partial charge in [-0.2, -0.15) is 0 Å². The second kappa shape index (κ2) is 7.89. The number of Topliss-reactive ketones (excluding diaryl/α,β-unsaturated/α-hetero) is 1. The molecule has 1 aromatic carbocycles. The standard InChI is InChI=1S/C25H18BrN3O6/c26-17-11-19(31)21-16(23(17)32)10-18-15(22(21)20-7-6-14(12-30)35-20)8-9-27-24(33)28(25(34)29(18)27)13-4-2-1-3-5-13/h1-8,11,18,22,30H,9-10,12H2. The number of hydrogen-bond acceptors (Lipinski definition) is 6. The highest BCUT2D eigenvalue weighted by molar-refractivity contribution is 9.12. The minimum absolute atomic E-state index is 0.0803. The number of hydrogen-bond donors (Lipinski definition) is 1. The molecule has 2 aliphatic carbocycles. The molecule has 1 N–H and O–H groups in total. The summed E-state index contributed by atoms with van der Waals surface area (Å²) >= 11 is 3.19. The normalized spacial score (nSPS) is 21.3. The van der Waals surface area contributed by atoms with Crippen molar-refractivity contribution < 1.29 is 19.1 Å². The van der Waals surface area contributed by atoms with Crippen molar-refractivity contribution >= 4 is 27.5 Å². The molecule has 2 unspecified atom stereocenters. The molecule has 3 aromatic rings. The van der Waals surface area contributed by atoms with E-state index in [1.165, 1.54) is 15.4 Å². The van der Waals surface area contributed by atoms with Crippen LogP contribution in [-0.2, 0) is 22.7 Å². The maximum Gasteiger partial charge on any atom is 0.352 e. The van der Waals surface area contributed by atoms with Crippen LogP contribution in [0, 0.1) is 0 Å². The van der Waals surface area contributed by atoms with E-state index in [0.29, 0.717) is 28.4 Å². The van der Waals surface area contributed by atoms with Crippen molar-refractivity contribution in [1.29, 1.82) is 0 Å². The number of furan rings is 1. The Labute approximate surface area is 206 Å². The van der Waals surface area contributed by atoms with Crippen LogP contribution in [0.1, 0.15) is 29.9 Å². The molecule has 2 aromatic heterocycles. The van der Waals surface area contributed by atoms with Crippen LogP contribution in [0.2, 0.25) is 0 Å².